The molecule has 0 aliphatic heterocycles. The number of rotatable bonds is 11. The highest BCUT2D eigenvalue weighted by atomic mass is 16.5. The van der Waals surface area contributed by atoms with Gasteiger partial charge < -0.3 is 15.0 Å². The Labute approximate surface area is 190 Å². The van der Waals surface area contributed by atoms with Crippen LogP contribution in [0.5, 0.6) is 5.88 Å². The van der Waals surface area contributed by atoms with Gasteiger partial charge in [-0.3, -0.25) is 4.98 Å². The van der Waals surface area contributed by atoms with Gasteiger partial charge >= 0.3 is 0 Å². The lowest BCUT2D eigenvalue weighted by Crippen LogP contribution is -2.16. The van der Waals surface area contributed by atoms with Crippen molar-refractivity contribution in [1.29, 1.82) is 0 Å². The van der Waals surface area contributed by atoms with Gasteiger partial charge in [-0.15, -0.1) is 10.2 Å². The Morgan fingerprint density at radius 3 is 2.59 bits per heavy atom. The number of nitrogens with zero attached hydrogens (tertiary/aromatic N) is 4. The standard InChI is InChI=1S/C26H31N5O/c1-5-10-20(11-6-2)16-17-27-18-21-12-9-13-22(28-21)19-32-26-24-15-8-7-14-23(24)25(29-30-26)31(3)4/h5-15,27H,1,16-19H2,2-4H3/b11-6-,20-10+. The maximum Gasteiger partial charge on any atom is 0.241 e. The van der Waals surface area contributed by atoms with Gasteiger partial charge in [-0.05, 0) is 43.7 Å². The summed E-state index contributed by atoms with van der Waals surface area (Å²) in [6.07, 6.45) is 8.95. The molecule has 0 amide bonds. The molecule has 3 aromatic rings. The molecule has 0 atom stereocenters. The number of benzene rings is 1. The molecule has 0 unspecified atom stereocenters. The van der Waals surface area contributed by atoms with Crippen molar-refractivity contribution in [1.82, 2.24) is 20.5 Å². The van der Waals surface area contributed by atoms with Crippen LogP contribution in [-0.4, -0.2) is 35.8 Å². The molecule has 6 nitrogen and oxygen atoms in total. The lowest BCUT2D eigenvalue weighted by Gasteiger charge is -2.15. The van der Waals surface area contributed by atoms with E-state index in [0.717, 1.165) is 40.9 Å². The number of ether oxygens (including phenoxy) is 1. The molecule has 0 saturated heterocycles. The minimum atomic E-state index is 0.335. The molecule has 0 bridgehead atoms. The molecule has 0 saturated carbocycles. The maximum absolute atomic E-state index is 6.01. The smallest absolute Gasteiger partial charge is 0.241 e. The first-order valence-corrected chi connectivity index (χ1v) is 10.8. The number of allylic oxidation sites excluding steroid dienone is 4. The Morgan fingerprint density at radius 2 is 1.84 bits per heavy atom. The van der Waals surface area contributed by atoms with Crippen LogP contribution in [0.15, 0.2) is 78.9 Å². The highest BCUT2D eigenvalue weighted by molar-refractivity contribution is 5.94. The molecule has 3 rings (SSSR count). The van der Waals surface area contributed by atoms with Crippen LogP contribution in [0, 0.1) is 0 Å². The third-order valence-corrected chi connectivity index (χ3v) is 4.89. The molecule has 6 heteroatoms. The first-order valence-electron chi connectivity index (χ1n) is 10.8. The van der Waals surface area contributed by atoms with Crippen molar-refractivity contribution in [3.8, 4) is 5.88 Å². The number of aromatic nitrogens is 3. The van der Waals surface area contributed by atoms with E-state index in [4.69, 9.17) is 9.72 Å². The molecule has 0 aliphatic carbocycles. The van der Waals surface area contributed by atoms with Crippen LogP contribution in [0.2, 0.25) is 0 Å². The summed E-state index contributed by atoms with van der Waals surface area (Å²) in [5, 5.41) is 14.0. The molecule has 0 aliphatic rings. The molecule has 0 spiro atoms. The molecular formula is C26H31N5O. The number of nitrogens with one attached hydrogen (secondary N) is 1. The summed E-state index contributed by atoms with van der Waals surface area (Å²) in [7, 11) is 3.91. The summed E-state index contributed by atoms with van der Waals surface area (Å²) in [6, 6.07) is 14.0. The van der Waals surface area contributed by atoms with Crippen LogP contribution in [0.1, 0.15) is 24.7 Å². The molecule has 32 heavy (non-hydrogen) atoms. The SMILES string of the molecule is C=C/C=C(\C=C/C)CCNCc1cccc(COc2nnc(N(C)C)c3ccccc23)n1. The third-order valence-electron chi connectivity index (χ3n) is 4.89. The summed E-state index contributed by atoms with van der Waals surface area (Å²) in [6.45, 7) is 7.70. The zero-order valence-corrected chi connectivity index (χ0v) is 19.1. The van der Waals surface area contributed by atoms with E-state index in [1.807, 2.05) is 86.6 Å². The van der Waals surface area contributed by atoms with Gasteiger partial charge in [0.2, 0.25) is 5.88 Å². The molecule has 2 aromatic heterocycles. The van der Waals surface area contributed by atoms with E-state index >= 15 is 0 Å². The monoisotopic (exact) mass is 429 g/mol. The average Bonchev–Trinajstić information content (AvgIpc) is 2.80. The predicted molar refractivity (Wildman–Crippen MR) is 132 cm³/mol. The van der Waals surface area contributed by atoms with Crippen LogP contribution in [0.3, 0.4) is 0 Å². The fraction of sp³-hybridized carbons (Fsp3) is 0.269. The summed E-state index contributed by atoms with van der Waals surface area (Å²) in [4.78, 5) is 6.66. The van der Waals surface area contributed by atoms with Crippen LogP contribution < -0.4 is 15.0 Å². The first-order chi connectivity index (χ1) is 15.6. The Bertz CT molecular complexity index is 1100. The number of anilines is 1. The van der Waals surface area contributed by atoms with Gasteiger partial charge in [-0.25, -0.2) is 0 Å². The minimum absolute atomic E-state index is 0.335. The number of hydrogen-bond donors (Lipinski definition) is 1. The molecule has 1 aromatic carbocycles. The highest BCUT2D eigenvalue weighted by Crippen LogP contribution is 2.28. The lowest BCUT2D eigenvalue weighted by atomic mass is 10.1. The molecular weight excluding hydrogens is 398 g/mol. The second-order valence-corrected chi connectivity index (χ2v) is 7.58. The Hall–Kier alpha value is -3.51. The number of hydrogen-bond acceptors (Lipinski definition) is 6. The van der Waals surface area contributed by atoms with Crippen molar-refractivity contribution >= 4 is 16.6 Å². The van der Waals surface area contributed by atoms with Crippen LogP contribution in [0.25, 0.3) is 10.8 Å². The fourth-order valence-corrected chi connectivity index (χ4v) is 3.39. The van der Waals surface area contributed by atoms with Crippen molar-refractivity contribution in [3.05, 3.63) is 90.3 Å². The van der Waals surface area contributed by atoms with E-state index in [2.05, 4.69) is 28.2 Å². The van der Waals surface area contributed by atoms with Crippen molar-refractivity contribution < 1.29 is 4.74 Å². The Balaban J connectivity index is 1.60. The van der Waals surface area contributed by atoms with E-state index in [1.165, 1.54) is 5.57 Å². The van der Waals surface area contributed by atoms with Crippen molar-refractivity contribution in [3.63, 3.8) is 0 Å². The van der Waals surface area contributed by atoms with Gasteiger partial charge in [0.15, 0.2) is 5.82 Å². The molecule has 1 N–H and O–H groups in total. The fourth-order valence-electron chi connectivity index (χ4n) is 3.39. The van der Waals surface area contributed by atoms with Crippen LogP contribution >= 0.6 is 0 Å². The first kappa shape index (κ1) is 23.2. The number of pyridine rings is 1. The molecule has 0 radical (unpaired) electrons. The quantitative estimate of drug-likeness (QED) is 0.348. The normalized spacial score (nSPS) is 11.8. The summed E-state index contributed by atoms with van der Waals surface area (Å²) in [5.74, 6) is 1.33. The van der Waals surface area contributed by atoms with Crippen LogP contribution in [-0.2, 0) is 13.2 Å². The van der Waals surface area contributed by atoms with Crippen molar-refractivity contribution in [2.24, 2.45) is 0 Å². The van der Waals surface area contributed by atoms with E-state index in [9.17, 15) is 0 Å². The topological polar surface area (TPSA) is 63.2 Å². The van der Waals surface area contributed by atoms with Crippen LogP contribution in [0.4, 0.5) is 5.82 Å². The molecule has 166 valence electrons. The van der Waals surface area contributed by atoms with Gasteiger partial charge in [0.25, 0.3) is 0 Å². The minimum Gasteiger partial charge on any atom is -0.470 e. The summed E-state index contributed by atoms with van der Waals surface area (Å²) >= 11 is 0. The van der Waals surface area contributed by atoms with Gasteiger partial charge in [0.05, 0.1) is 11.4 Å². The molecule has 2 heterocycles. The maximum atomic E-state index is 6.01. The average molecular weight is 430 g/mol. The zero-order valence-electron chi connectivity index (χ0n) is 19.1. The summed E-state index contributed by atoms with van der Waals surface area (Å²) in [5.41, 5.74) is 3.08. The van der Waals surface area contributed by atoms with E-state index in [0.29, 0.717) is 19.0 Å². The number of fused-ring (bicyclic) bond motifs is 1. The van der Waals surface area contributed by atoms with Gasteiger partial charge in [-0.1, -0.05) is 55.1 Å². The predicted octanol–water partition coefficient (Wildman–Crippen LogP) is 4.84. The second kappa shape index (κ2) is 11.8. The van der Waals surface area contributed by atoms with Gasteiger partial charge in [0, 0.05) is 31.4 Å². The largest absolute Gasteiger partial charge is 0.470 e. The van der Waals surface area contributed by atoms with Crippen molar-refractivity contribution in [2.45, 2.75) is 26.5 Å². The van der Waals surface area contributed by atoms with Crippen molar-refractivity contribution in [2.75, 3.05) is 25.5 Å². The Morgan fingerprint density at radius 1 is 1.06 bits per heavy atom. The lowest BCUT2D eigenvalue weighted by molar-refractivity contribution is 0.289. The summed E-state index contributed by atoms with van der Waals surface area (Å²) < 4.78 is 6.01. The highest BCUT2D eigenvalue weighted by Gasteiger charge is 2.11. The second-order valence-electron chi connectivity index (χ2n) is 7.58. The van der Waals surface area contributed by atoms with E-state index in [-0.39, 0.29) is 0 Å². The van der Waals surface area contributed by atoms with E-state index < -0.39 is 0 Å². The Kier molecular flexibility index (Phi) is 8.52. The zero-order chi connectivity index (χ0) is 22.8. The van der Waals surface area contributed by atoms with Gasteiger partial charge in [0.1, 0.15) is 6.61 Å². The van der Waals surface area contributed by atoms with Gasteiger partial charge in [-0.2, -0.15) is 0 Å². The third kappa shape index (κ3) is 6.25. The molecule has 0 fully saturated rings. The van der Waals surface area contributed by atoms with E-state index in [1.54, 1.807) is 0 Å².